The molecule has 0 heterocycles. The number of hydrogen-bond donors (Lipinski definition) is 2. The zero-order valence-corrected chi connectivity index (χ0v) is 8.41. The molecule has 14 heavy (non-hydrogen) atoms. The van der Waals surface area contributed by atoms with Crippen LogP contribution in [0.5, 0.6) is 0 Å². The minimum atomic E-state index is -0.317. The first kappa shape index (κ1) is 13.1. The van der Waals surface area contributed by atoms with E-state index in [1.807, 2.05) is 0 Å². The Kier molecular flexibility index (Phi) is 8.07. The van der Waals surface area contributed by atoms with Crippen molar-refractivity contribution in [3.63, 3.8) is 0 Å². The Hall–Kier alpha value is -0.940. The molecule has 0 radical (unpaired) electrons. The first-order valence-corrected chi connectivity index (χ1v) is 4.67. The van der Waals surface area contributed by atoms with E-state index >= 15 is 0 Å². The fourth-order valence-electron chi connectivity index (χ4n) is 0.815. The van der Waals surface area contributed by atoms with E-state index in [-0.39, 0.29) is 31.3 Å². The highest BCUT2D eigenvalue weighted by molar-refractivity contribution is 5.98. The second-order valence-corrected chi connectivity index (χ2v) is 2.78. The van der Waals surface area contributed by atoms with Gasteiger partial charge in [-0.05, 0) is 13.3 Å². The summed E-state index contributed by atoms with van der Waals surface area (Å²) < 4.78 is 4.85. The average molecular weight is 203 g/mol. The molecule has 5 heteroatoms. The van der Waals surface area contributed by atoms with E-state index in [4.69, 9.17) is 9.84 Å². The van der Waals surface area contributed by atoms with Gasteiger partial charge in [0.05, 0.1) is 6.42 Å². The number of ether oxygens (including phenoxy) is 1. The molecular formula is C9H17NO4. The van der Waals surface area contributed by atoms with Crippen LogP contribution in [0.2, 0.25) is 0 Å². The molecule has 1 amide bonds. The van der Waals surface area contributed by atoms with Gasteiger partial charge in [0.2, 0.25) is 5.91 Å². The van der Waals surface area contributed by atoms with Crippen LogP contribution in [0.1, 0.15) is 19.8 Å². The summed E-state index contributed by atoms with van der Waals surface area (Å²) in [5, 5.41) is 11.0. The normalized spacial score (nSPS) is 9.86. The topological polar surface area (TPSA) is 75.6 Å². The second-order valence-electron chi connectivity index (χ2n) is 2.78. The SMILES string of the molecule is CCOCC(=O)CC(=O)NCCCO. The molecule has 0 aliphatic rings. The lowest BCUT2D eigenvalue weighted by Crippen LogP contribution is -2.28. The Morgan fingerprint density at radius 3 is 2.71 bits per heavy atom. The number of hydrogen-bond acceptors (Lipinski definition) is 4. The van der Waals surface area contributed by atoms with Crippen LogP contribution in [0, 0.1) is 0 Å². The Bertz CT molecular complexity index is 182. The van der Waals surface area contributed by atoms with E-state index in [9.17, 15) is 9.59 Å². The van der Waals surface area contributed by atoms with E-state index < -0.39 is 0 Å². The van der Waals surface area contributed by atoms with Crippen LogP contribution in [-0.4, -0.2) is 43.2 Å². The highest BCUT2D eigenvalue weighted by Crippen LogP contribution is 1.86. The molecule has 0 unspecified atom stereocenters. The van der Waals surface area contributed by atoms with Crippen LogP contribution in [0.25, 0.3) is 0 Å². The molecule has 0 saturated carbocycles. The highest BCUT2D eigenvalue weighted by Gasteiger charge is 2.08. The van der Waals surface area contributed by atoms with E-state index in [2.05, 4.69) is 5.32 Å². The molecule has 0 fully saturated rings. The second kappa shape index (κ2) is 8.65. The predicted molar refractivity (Wildman–Crippen MR) is 50.8 cm³/mol. The summed E-state index contributed by atoms with van der Waals surface area (Å²) in [6.07, 6.45) is 0.358. The van der Waals surface area contributed by atoms with Crippen molar-refractivity contribution in [3.8, 4) is 0 Å². The van der Waals surface area contributed by atoms with Crippen LogP contribution in [-0.2, 0) is 14.3 Å². The molecular weight excluding hydrogens is 186 g/mol. The zero-order valence-electron chi connectivity index (χ0n) is 8.41. The molecule has 2 N–H and O–H groups in total. The van der Waals surface area contributed by atoms with Gasteiger partial charge in [-0.25, -0.2) is 0 Å². The minimum absolute atomic E-state index is 0.0100. The third kappa shape index (κ3) is 7.70. The van der Waals surface area contributed by atoms with Crippen LogP contribution < -0.4 is 5.32 Å². The van der Waals surface area contributed by atoms with E-state index in [1.165, 1.54) is 0 Å². The van der Waals surface area contributed by atoms with E-state index in [1.54, 1.807) is 6.92 Å². The molecule has 0 saturated heterocycles. The monoisotopic (exact) mass is 203 g/mol. The molecule has 0 aliphatic heterocycles. The summed E-state index contributed by atoms with van der Waals surface area (Å²) in [6, 6.07) is 0. The molecule has 0 bridgehead atoms. The Balaban J connectivity index is 3.45. The van der Waals surface area contributed by atoms with Crippen LogP contribution in [0.15, 0.2) is 0 Å². The maximum absolute atomic E-state index is 11.0. The van der Waals surface area contributed by atoms with Crippen molar-refractivity contribution in [2.24, 2.45) is 0 Å². The third-order valence-corrected chi connectivity index (χ3v) is 1.48. The van der Waals surface area contributed by atoms with Gasteiger partial charge in [0, 0.05) is 19.8 Å². The van der Waals surface area contributed by atoms with Crippen molar-refractivity contribution in [1.29, 1.82) is 0 Å². The van der Waals surface area contributed by atoms with Gasteiger partial charge < -0.3 is 15.2 Å². The molecule has 5 nitrogen and oxygen atoms in total. The fourth-order valence-corrected chi connectivity index (χ4v) is 0.815. The Morgan fingerprint density at radius 1 is 1.43 bits per heavy atom. The van der Waals surface area contributed by atoms with Gasteiger partial charge >= 0.3 is 0 Å². The lowest BCUT2D eigenvalue weighted by atomic mass is 10.3. The van der Waals surface area contributed by atoms with Gasteiger partial charge in [0.1, 0.15) is 6.61 Å². The summed E-state index contributed by atoms with van der Waals surface area (Å²) in [5.74, 6) is -0.545. The lowest BCUT2D eigenvalue weighted by Gasteiger charge is -2.03. The molecule has 0 rings (SSSR count). The van der Waals surface area contributed by atoms with Crippen molar-refractivity contribution < 1.29 is 19.4 Å². The number of aliphatic hydroxyl groups excluding tert-OH is 1. The first-order chi connectivity index (χ1) is 6.70. The Labute approximate surface area is 83.4 Å². The fraction of sp³-hybridized carbons (Fsp3) is 0.778. The van der Waals surface area contributed by atoms with Gasteiger partial charge in [-0.3, -0.25) is 9.59 Å². The van der Waals surface area contributed by atoms with Crippen molar-refractivity contribution in [3.05, 3.63) is 0 Å². The van der Waals surface area contributed by atoms with Crippen molar-refractivity contribution in [2.45, 2.75) is 19.8 Å². The van der Waals surface area contributed by atoms with Crippen LogP contribution in [0.3, 0.4) is 0 Å². The molecule has 0 aliphatic carbocycles. The summed E-state index contributed by atoms with van der Waals surface area (Å²) in [6.45, 7) is 2.68. The average Bonchev–Trinajstić information content (AvgIpc) is 2.15. The molecule has 0 aromatic rings. The van der Waals surface area contributed by atoms with Gasteiger partial charge in [0.25, 0.3) is 0 Å². The van der Waals surface area contributed by atoms with Gasteiger partial charge in [0.15, 0.2) is 5.78 Å². The van der Waals surface area contributed by atoms with Gasteiger partial charge in [-0.2, -0.15) is 0 Å². The third-order valence-electron chi connectivity index (χ3n) is 1.48. The summed E-state index contributed by atoms with van der Waals surface area (Å²) in [5.41, 5.74) is 0. The molecule has 0 atom stereocenters. The van der Waals surface area contributed by atoms with Crippen LogP contribution >= 0.6 is 0 Å². The quantitative estimate of drug-likeness (QED) is 0.411. The van der Waals surface area contributed by atoms with E-state index in [0.717, 1.165) is 0 Å². The number of aliphatic hydroxyl groups is 1. The van der Waals surface area contributed by atoms with Crippen LogP contribution in [0.4, 0.5) is 0 Å². The van der Waals surface area contributed by atoms with Crippen molar-refractivity contribution >= 4 is 11.7 Å². The number of amides is 1. The summed E-state index contributed by atoms with van der Waals surface area (Å²) >= 11 is 0. The smallest absolute Gasteiger partial charge is 0.227 e. The lowest BCUT2D eigenvalue weighted by molar-refractivity contribution is -0.130. The maximum atomic E-state index is 11.0. The molecule has 0 aromatic carbocycles. The summed E-state index contributed by atoms with van der Waals surface area (Å²) in [7, 11) is 0. The standard InChI is InChI=1S/C9H17NO4/c1-2-14-7-8(12)6-9(13)10-4-3-5-11/h11H,2-7H2,1H3,(H,10,13). The van der Waals surface area contributed by atoms with Gasteiger partial charge in [-0.15, -0.1) is 0 Å². The number of ketones is 1. The highest BCUT2D eigenvalue weighted by atomic mass is 16.5. The predicted octanol–water partition coefficient (Wildman–Crippen LogP) is -0.519. The van der Waals surface area contributed by atoms with Gasteiger partial charge in [-0.1, -0.05) is 0 Å². The zero-order chi connectivity index (χ0) is 10.8. The molecule has 0 aromatic heterocycles. The first-order valence-electron chi connectivity index (χ1n) is 4.67. The number of rotatable bonds is 8. The molecule has 82 valence electrons. The van der Waals surface area contributed by atoms with Crippen molar-refractivity contribution in [2.75, 3.05) is 26.4 Å². The summed E-state index contributed by atoms with van der Waals surface area (Å²) in [4.78, 5) is 22.0. The largest absolute Gasteiger partial charge is 0.396 e. The van der Waals surface area contributed by atoms with E-state index in [0.29, 0.717) is 19.6 Å². The number of carbonyl (C=O) groups is 2. The molecule has 0 spiro atoms. The Morgan fingerprint density at radius 2 is 2.14 bits per heavy atom. The number of Topliss-reactive ketones (excluding diaryl/α,β-unsaturated/α-hetero) is 1. The maximum Gasteiger partial charge on any atom is 0.227 e. The number of nitrogens with one attached hydrogen (secondary N) is 1. The van der Waals surface area contributed by atoms with Crippen molar-refractivity contribution in [1.82, 2.24) is 5.32 Å². The number of carbonyl (C=O) groups excluding carboxylic acids is 2. The minimum Gasteiger partial charge on any atom is -0.396 e.